The fourth-order valence-electron chi connectivity index (χ4n) is 2.72. The molecule has 0 unspecified atom stereocenters. The van der Waals surface area contributed by atoms with Gasteiger partial charge in [-0.25, -0.2) is 9.79 Å². The number of ether oxygens (including phenoxy) is 3. The van der Waals surface area contributed by atoms with E-state index in [9.17, 15) is 9.59 Å². The number of thiazole rings is 1. The molecule has 0 N–H and O–H groups in total. The second-order valence-corrected chi connectivity index (χ2v) is 6.62. The van der Waals surface area contributed by atoms with Gasteiger partial charge in [0.15, 0.2) is 16.3 Å². The van der Waals surface area contributed by atoms with Crippen LogP contribution in [0.15, 0.2) is 28.0 Å². The molecule has 3 heterocycles. The topological polar surface area (TPSA) is 82.4 Å². The van der Waals surface area contributed by atoms with Crippen molar-refractivity contribution in [3.05, 3.63) is 43.5 Å². The number of esters is 1. The predicted octanol–water partition coefficient (Wildman–Crippen LogP) is -0.358. The lowest BCUT2D eigenvalue weighted by molar-refractivity contribution is -0.133. The highest BCUT2D eigenvalue weighted by Crippen LogP contribution is 2.32. The number of benzene rings is 1. The monoisotopic (exact) mass is 361 g/mol. The lowest BCUT2D eigenvalue weighted by Gasteiger charge is -2.23. The van der Waals surface area contributed by atoms with E-state index in [0.717, 1.165) is 17.1 Å². The van der Waals surface area contributed by atoms with Crippen molar-refractivity contribution in [1.29, 1.82) is 0 Å². The molecule has 1 aromatic heterocycles. The van der Waals surface area contributed by atoms with E-state index >= 15 is 0 Å². The first-order valence-corrected chi connectivity index (χ1v) is 8.40. The lowest BCUT2D eigenvalue weighted by atomic mass is 10.2. The van der Waals surface area contributed by atoms with Crippen molar-refractivity contribution >= 4 is 23.4 Å². The molecule has 0 bridgehead atoms. The molecule has 2 aliphatic heterocycles. The highest BCUT2D eigenvalue weighted by atomic mass is 32.1. The van der Waals surface area contributed by atoms with E-state index in [2.05, 4.69) is 9.73 Å². The number of carbonyl (C=O) groups is 1. The molecule has 25 heavy (non-hydrogen) atoms. The zero-order valence-corrected chi connectivity index (χ0v) is 14.2. The molecule has 0 amide bonds. The number of hydrogen-bond acceptors (Lipinski definition) is 8. The number of hydrogen-bond donors (Lipinski definition) is 0. The Kier molecular flexibility index (Phi) is 4.02. The summed E-state index contributed by atoms with van der Waals surface area (Å²) in [5.41, 5.74) is 0.817. The van der Waals surface area contributed by atoms with Crippen LogP contribution in [0.5, 0.6) is 11.5 Å². The largest absolute Gasteiger partial charge is 0.466 e. The highest BCUT2D eigenvalue weighted by molar-refractivity contribution is 7.07. The maximum atomic E-state index is 12.4. The normalized spacial score (nSPS) is 16.4. The molecule has 0 saturated heterocycles. The van der Waals surface area contributed by atoms with Crippen molar-refractivity contribution in [1.82, 2.24) is 9.47 Å². The molecule has 0 spiro atoms. The molecule has 1 aromatic carbocycles. The van der Waals surface area contributed by atoms with Gasteiger partial charge in [0.05, 0.1) is 20.4 Å². The van der Waals surface area contributed by atoms with Crippen LogP contribution >= 0.6 is 11.3 Å². The summed E-state index contributed by atoms with van der Waals surface area (Å²) in [7, 11) is 1.28. The fourth-order valence-corrected chi connectivity index (χ4v) is 3.64. The molecule has 0 fully saturated rings. The number of aromatic nitrogens is 1. The zero-order chi connectivity index (χ0) is 17.4. The van der Waals surface area contributed by atoms with Gasteiger partial charge < -0.3 is 14.2 Å². The average Bonchev–Trinajstić information content (AvgIpc) is 3.20. The van der Waals surface area contributed by atoms with Gasteiger partial charge in [-0.3, -0.25) is 14.3 Å². The first-order chi connectivity index (χ1) is 12.1. The van der Waals surface area contributed by atoms with Crippen molar-refractivity contribution in [2.45, 2.75) is 13.2 Å². The maximum Gasteiger partial charge on any atom is 0.332 e. The SMILES string of the molecule is COC(=O)C=c1sc2n(c1=O)CN(Cc1ccc3c(c1)OCO3)CN=2. The van der Waals surface area contributed by atoms with E-state index in [1.165, 1.54) is 24.5 Å². The van der Waals surface area contributed by atoms with Crippen LogP contribution in [0.3, 0.4) is 0 Å². The van der Waals surface area contributed by atoms with Crippen LogP contribution in [0.2, 0.25) is 0 Å². The smallest absolute Gasteiger partial charge is 0.332 e. The van der Waals surface area contributed by atoms with Gasteiger partial charge in [-0.2, -0.15) is 0 Å². The van der Waals surface area contributed by atoms with Crippen molar-refractivity contribution in [2.75, 3.05) is 20.6 Å². The van der Waals surface area contributed by atoms with Gasteiger partial charge in [0.25, 0.3) is 5.56 Å². The molecule has 2 aliphatic rings. The van der Waals surface area contributed by atoms with Crippen LogP contribution in [-0.2, 0) is 22.7 Å². The quantitative estimate of drug-likeness (QED) is 0.695. The summed E-state index contributed by atoms with van der Waals surface area (Å²) in [6, 6.07) is 5.78. The molecule has 130 valence electrons. The Bertz CT molecular complexity index is 1010. The molecular weight excluding hydrogens is 346 g/mol. The second kappa shape index (κ2) is 6.34. The van der Waals surface area contributed by atoms with Crippen molar-refractivity contribution < 1.29 is 19.0 Å². The minimum Gasteiger partial charge on any atom is -0.466 e. The number of methoxy groups -OCH3 is 1. The molecule has 2 aromatic rings. The van der Waals surface area contributed by atoms with Gasteiger partial charge in [0.1, 0.15) is 4.53 Å². The van der Waals surface area contributed by atoms with Crippen LogP contribution in [0, 0.1) is 0 Å². The van der Waals surface area contributed by atoms with E-state index in [4.69, 9.17) is 9.47 Å². The van der Waals surface area contributed by atoms with E-state index in [1.54, 1.807) is 4.57 Å². The molecule has 4 rings (SSSR count). The minimum atomic E-state index is -0.548. The molecule has 0 aliphatic carbocycles. The molecule has 9 heteroatoms. The van der Waals surface area contributed by atoms with Gasteiger partial charge in [0, 0.05) is 12.6 Å². The molecule has 0 atom stereocenters. The van der Waals surface area contributed by atoms with Crippen LogP contribution < -0.4 is 24.4 Å². The first kappa shape index (κ1) is 15.9. The summed E-state index contributed by atoms with van der Waals surface area (Å²) < 4.78 is 17.2. The zero-order valence-electron chi connectivity index (χ0n) is 13.4. The second-order valence-electron chi connectivity index (χ2n) is 5.61. The summed E-state index contributed by atoms with van der Waals surface area (Å²) in [4.78, 5) is 30.9. The number of carbonyl (C=O) groups excluding carboxylic acids is 1. The van der Waals surface area contributed by atoms with Gasteiger partial charge >= 0.3 is 5.97 Å². The Balaban J connectivity index is 1.56. The van der Waals surface area contributed by atoms with E-state index in [0.29, 0.717) is 29.2 Å². The van der Waals surface area contributed by atoms with Crippen molar-refractivity contribution in [3.8, 4) is 11.5 Å². The van der Waals surface area contributed by atoms with Gasteiger partial charge in [-0.05, 0) is 17.7 Å². The Morgan fingerprint density at radius 3 is 3.08 bits per heavy atom. The third kappa shape index (κ3) is 3.03. The Morgan fingerprint density at radius 1 is 1.40 bits per heavy atom. The Labute approximate surface area is 146 Å². The number of rotatable bonds is 3. The van der Waals surface area contributed by atoms with Crippen molar-refractivity contribution in [3.63, 3.8) is 0 Å². The minimum absolute atomic E-state index is 0.232. The first-order valence-electron chi connectivity index (χ1n) is 7.59. The Morgan fingerprint density at radius 2 is 2.24 bits per heavy atom. The summed E-state index contributed by atoms with van der Waals surface area (Å²) in [5.74, 6) is 0.926. The summed E-state index contributed by atoms with van der Waals surface area (Å²) in [5, 5.41) is 0. The van der Waals surface area contributed by atoms with Crippen LogP contribution in [0.25, 0.3) is 6.08 Å². The summed E-state index contributed by atoms with van der Waals surface area (Å²) >= 11 is 1.19. The predicted molar refractivity (Wildman–Crippen MR) is 88.8 cm³/mol. The highest BCUT2D eigenvalue weighted by Gasteiger charge is 2.18. The van der Waals surface area contributed by atoms with Crippen molar-refractivity contribution in [2.24, 2.45) is 4.99 Å². The van der Waals surface area contributed by atoms with Gasteiger partial charge in [-0.1, -0.05) is 17.4 Å². The summed E-state index contributed by atoms with van der Waals surface area (Å²) in [6.45, 7) is 1.76. The lowest BCUT2D eigenvalue weighted by Crippen LogP contribution is -2.42. The molecule has 0 saturated carbocycles. The van der Waals surface area contributed by atoms with Crippen LogP contribution in [0.4, 0.5) is 0 Å². The molecular formula is C16H15N3O5S. The molecule has 0 radical (unpaired) electrons. The maximum absolute atomic E-state index is 12.4. The van der Waals surface area contributed by atoms with E-state index in [-0.39, 0.29) is 12.4 Å². The van der Waals surface area contributed by atoms with Crippen LogP contribution in [0.1, 0.15) is 5.56 Å². The Hall–Kier alpha value is -2.65. The van der Waals surface area contributed by atoms with Crippen LogP contribution in [-0.4, -0.2) is 36.0 Å². The molecule has 8 nitrogen and oxygen atoms in total. The fraction of sp³-hybridized carbons (Fsp3) is 0.312. The van der Waals surface area contributed by atoms with Gasteiger partial charge in [-0.15, -0.1) is 0 Å². The average molecular weight is 361 g/mol. The third-order valence-electron chi connectivity index (χ3n) is 3.93. The van der Waals surface area contributed by atoms with Gasteiger partial charge in [0.2, 0.25) is 6.79 Å². The van der Waals surface area contributed by atoms with E-state index in [1.807, 2.05) is 23.1 Å². The van der Waals surface area contributed by atoms with E-state index < -0.39 is 5.97 Å². The summed E-state index contributed by atoms with van der Waals surface area (Å²) in [6.07, 6.45) is 1.20. The number of fused-ring (bicyclic) bond motifs is 2. The number of nitrogens with zero attached hydrogens (tertiary/aromatic N) is 3. The third-order valence-corrected chi connectivity index (χ3v) is 4.97. The standard InChI is InChI=1S/C16H15N3O5S/c1-22-14(20)5-13-15(21)19-8-18(7-17-16(19)25-13)6-10-2-3-11-12(4-10)24-9-23-11/h2-5H,6-9H2,1H3.